The zero-order chi connectivity index (χ0) is 25.5. The van der Waals surface area contributed by atoms with E-state index in [4.69, 9.17) is 15.9 Å². The molecule has 4 N–H and O–H groups in total. The van der Waals surface area contributed by atoms with Crippen LogP contribution in [0.25, 0.3) is 0 Å². The molecule has 0 saturated carbocycles. The first-order valence-corrected chi connectivity index (χ1v) is 12.3. The first kappa shape index (κ1) is 26.3. The number of amides is 1. The summed E-state index contributed by atoms with van der Waals surface area (Å²) in [7, 11) is 0. The maximum absolute atomic E-state index is 12.9. The van der Waals surface area contributed by atoms with Gasteiger partial charge < -0.3 is 15.9 Å². The van der Waals surface area contributed by atoms with Gasteiger partial charge in [-0.3, -0.25) is 9.69 Å². The van der Waals surface area contributed by atoms with Gasteiger partial charge in [-0.15, -0.1) is 0 Å². The minimum atomic E-state index is -0.792. The molecule has 1 aliphatic heterocycles. The van der Waals surface area contributed by atoms with Crippen LogP contribution in [0, 0.1) is 6.92 Å². The molecule has 5 heteroatoms. The van der Waals surface area contributed by atoms with E-state index in [9.17, 15) is 4.79 Å². The van der Waals surface area contributed by atoms with Gasteiger partial charge >= 0.3 is 0 Å². The summed E-state index contributed by atoms with van der Waals surface area (Å²) in [6.45, 7) is 8.53. The lowest BCUT2D eigenvalue weighted by Crippen LogP contribution is -2.47. The van der Waals surface area contributed by atoms with Crippen LogP contribution in [0.3, 0.4) is 0 Å². The summed E-state index contributed by atoms with van der Waals surface area (Å²) in [4.78, 5) is 15.4. The Bertz CT molecular complexity index is 1030. The molecule has 1 aliphatic rings. The fourth-order valence-corrected chi connectivity index (χ4v) is 4.89. The number of likely N-dealkylation sites (tertiary alicyclic amines) is 1. The number of phenolic OH excluding ortho intramolecular Hbond substituents is 2. The van der Waals surface area contributed by atoms with Crippen LogP contribution < -0.4 is 5.73 Å². The molecule has 1 heterocycles. The van der Waals surface area contributed by atoms with Crippen LogP contribution in [0.2, 0.25) is 0 Å². The van der Waals surface area contributed by atoms with Gasteiger partial charge in [0.1, 0.15) is 11.5 Å². The third kappa shape index (κ3) is 6.04. The highest BCUT2D eigenvalue weighted by Crippen LogP contribution is 2.39. The van der Waals surface area contributed by atoms with Crippen LogP contribution in [0.1, 0.15) is 56.2 Å². The highest BCUT2D eigenvalue weighted by atomic mass is 16.3. The van der Waals surface area contributed by atoms with E-state index in [0.717, 1.165) is 30.6 Å². The second kappa shape index (κ2) is 11.4. The number of rotatable bonds is 7. The monoisotopic (exact) mass is 474 g/mol. The zero-order valence-corrected chi connectivity index (χ0v) is 21.1. The largest absolute Gasteiger partial charge is 0.508 e. The Morgan fingerprint density at radius 1 is 0.800 bits per heavy atom. The lowest BCUT2D eigenvalue weighted by molar-refractivity contribution is -0.122. The highest BCUT2D eigenvalue weighted by molar-refractivity contribution is 5.90. The molecule has 1 amide bonds. The molecule has 0 spiro atoms. The molecular formula is C30H38N2O3. The Morgan fingerprint density at radius 3 is 1.66 bits per heavy atom. The summed E-state index contributed by atoms with van der Waals surface area (Å²) in [5, 5.41) is 17.9. The van der Waals surface area contributed by atoms with Crippen molar-refractivity contribution >= 4 is 5.91 Å². The summed E-state index contributed by atoms with van der Waals surface area (Å²) in [6, 6.07) is 24.7. The van der Waals surface area contributed by atoms with Gasteiger partial charge in [-0.25, -0.2) is 0 Å². The molecule has 186 valence electrons. The van der Waals surface area contributed by atoms with Crippen molar-refractivity contribution in [2.75, 3.05) is 13.1 Å². The van der Waals surface area contributed by atoms with Crippen molar-refractivity contribution in [3.8, 4) is 11.5 Å². The fourth-order valence-electron chi connectivity index (χ4n) is 4.89. The minimum absolute atomic E-state index is 0.0563. The predicted molar refractivity (Wildman–Crippen MR) is 141 cm³/mol. The number of benzene rings is 3. The number of nitrogens with zero attached hydrogens (tertiary/aromatic N) is 1. The number of phenols is 2. The van der Waals surface area contributed by atoms with Gasteiger partial charge in [0.2, 0.25) is 5.91 Å². The zero-order valence-electron chi connectivity index (χ0n) is 21.1. The average Bonchev–Trinajstić information content (AvgIpc) is 3.41. The molecule has 0 radical (unpaired) electrons. The topological polar surface area (TPSA) is 86.8 Å². The van der Waals surface area contributed by atoms with E-state index in [1.807, 2.05) is 60.7 Å². The number of carbonyl (C=O) groups is 1. The van der Waals surface area contributed by atoms with E-state index in [1.165, 1.54) is 25.0 Å². The summed E-state index contributed by atoms with van der Waals surface area (Å²) in [6.07, 6.45) is 4.16. The minimum Gasteiger partial charge on any atom is -0.508 e. The fraction of sp³-hybridized carbons (Fsp3) is 0.367. The molecule has 35 heavy (non-hydrogen) atoms. The van der Waals surface area contributed by atoms with Gasteiger partial charge in [-0.05, 0) is 82.8 Å². The molecule has 3 aromatic carbocycles. The molecule has 0 bridgehead atoms. The molecule has 0 unspecified atom stereocenters. The molecule has 1 saturated heterocycles. The van der Waals surface area contributed by atoms with Crippen LogP contribution in [0.15, 0.2) is 78.9 Å². The second-order valence-corrected chi connectivity index (χ2v) is 9.93. The summed E-state index contributed by atoms with van der Waals surface area (Å²) < 4.78 is 0. The number of carbonyl (C=O) groups excluding carboxylic acids is 1. The molecule has 0 atom stereocenters. The molecule has 0 aliphatic carbocycles. The second-order valence-electron chi connectivity index (χ2n) is 9.93. The number of hydrogen-bond donors (Lipinski definition) is 3. The van der Waals surface area contributed by atoms with Crippen LogP contribution in [-0.2, 0) is 10.2 Å². The van der Waals surface area contributed by atoms with E-state index < -0.39 is 5.41 Å². The van der Waals surface area contributed by atoms with Crippen LogP contribution in [0.4, 0.5) is 0 Å². The average molecular weight is 475 g/mol. The van der Waals surface area contributed by atoms with E-state index in [-0.39, 0.29) is 22.9 Å². The molecule has 5 nitrogen and oxygen atoms in total. The quantitative estimate of drug-likeness (QED) is 0.421. The molecule has 0 aromatic heterocycles. The van der Waals surface area contributed by atoms with Crippen molar-refractivity contribution in [3.63, 3.8) is 0 Å². The number of primary amides is 1. The highest BCUT2D eigenvalue weighted by Gasteiger charge is 2.42. The van der Waals surface area contributed by atoms with Crippen molar-refractivity contribution in [2.45, 2.75) is 57.4 Å². The summed E-state index contributed by atoms with van der Waals surface area (Å²) >= 11 is 0. The smallest absolute Gasteiger partial charge is 0.232 e. The van der Waals surface area contributed by atoms with Gasteiger partial charge in [0.05, 0.1) is 5.41 Å². The summed E-state index contributed by atoms with van der Waals surface area (Å²) in [5.74, 6) is -0.00266. The van der Waals surface area contributed by atoms with Crippen molar-refractivity contribution in [3.05, 3.63) is 95.6 Å². The Kier molecular flexibility index (Phi) is 8.57. The number of nitrogens with two attached hydrogens (primary N) is 1. The lowest BCUT2D eigenvalue weighted by atomic mass is 9.69. The van der Waals surface area contributed by atoms with Crippen LogP contribution in [-0.4, -0.2) is 39.6 Å². The Labute approximate surface area is 209 Å². The Hall–Kier alpha value is -3.31. The third-order valence-electron chi connectivity index (χ3n) is 7.30. The van der Waals surface area contributed by atoms with E-state index in [2.05, 4.69) is 18.7 Å². The number of hydrogen-bond acceptors (Lipinski definition) is 4. The van der Waals surface area contributed by atoms with Crippen molar-refractivity contribution in [1.82, 2.24) is 4.90 Å². The SMILES string of the molecule is CC(C)(CCC(C(N)=O)(c1ccccc1)c1ccccc1)N1CCCC1.Cc1c(O)cccc1O. The molecular weight excluding hydrogens is 436 g/mol. The van der Waals surface area contributed by atoms with Gasteiger partial charge in [-0.1, -0.05) is 66.7 Å². The first-order valence-electron chi connectivity index (χ1n) is 12.3. The summed E-state index contributed by atoms with van der Waals surface area (Å²) in [5.41, 5.74) is 7.82. The lowest BCUT2D eigenvalue weighted by Gasteiger charge is -2.40. The normalized spacial score (nSPS) is 14.3. The van der Waals surface area contributed by atoms with Crippen molar-refractivity contribution in [1.29, 1.82) is 0 Å². The van der Waals surface area contributed by atoms with Crippen molar-refractivity contribution in [2.24, 2.45) is 5.73 Å². The van der Waals surface area contributed by atoms with E-state index in [0.29, 0.717) is 12.0 Å². The van der Waals surface area contributed by atoms with Gasteiger partial charge in [0, 0.05) is 11.1 Å². The number of aromatic hydroxyl groups is 2. The first-order chi connectivity index (χ1) is 16.7. The Balaban J connectivity index is 0.000000320. The molecule has 1 fully saturated rings. The van der Waals surface area contributed by atoms with Gasteiger partial charge in [0.15, 0.2) is 0 Å². The standard InChI is InChI=1S/C23H30N2O.C7H8O2/c1-22(2,25-17-9-10-18-25)15-16-23(21(24)26,19-11-5-3-6-12-19)20-13-7-4-8-14-20;1-5-6(8)3-2-4-7(5)9/h3-8,11-14H,9-10,15-18H2,1-2H3,(H2,24,26);2-4,8-9H,1H3. The van der Waals surface area contributed by atoms with Crippen molar-refractivity contribution < 1.29 is 15.0 Å². The predicted octanol–water partition coefficient (Wildman–Crippen LogP) is 5.52. The molecule has 3 aromatic rings. The maximum Gasteiger partial charge on any atom is 0.232 e. The molecule has 4 rings (SSSR count). The van der Waals surface area contributed by atoms with Gasteiger partial charge in [-0.2, -0.15) is 0 Å². The van der Waals surface area contributed by atoms with E-state index in [1.54, 1.807) is 13.0 Å². The van der Waals surface area contributed by atoms with Crippen LogP contribution >= 0.6 is 0 Å². The van der Waals surface area contributed by atoms with Crippen LogP contribution in [0.5, 0.6) is 11.5 Å². The third-order valence-corrected chi connectivity index (χ3v) is 7.30. The Morgan fingerprint density at radius 2 is 1.26 bits per heavy atom. The van der Waals surface area contributed by atoms with Gasteiger partial charge in [0.25, 0.3) is 0 Å². The maximum atomic E-state index is 12.9. The van der Waals surface area contributed by atoms with E-state index >= 15 is 0 Å².